The van der Waals surface area contributed by atoms with Crippen molar-refractivity contribution in [2.75, 3.05) is 0 Å². The number of hydrogen-bond donors (Lipinski definition) is 0. The molecule has 0 nitrogen and oxygen atoms in total. The predicted molar refractivity (Wildman–Crippen MR) is 69.0 cm³/mol. The lowest BCUT2D eigenvalue weighted by Crippen LogP contribution is -2.29. The van der Waals surface area contributed by atoms with E-state index in [0.29, 0.717) is 5.41 Å². The summed E-state index contributed by atoms with van der Waals surface area (Å²) in [5.41, 5.74) is 0.620. The van der Waals surface area contributed by atoms with Gasteiger partial charge in [0.1, 0.15) is 0 Å². The molecule has 0 amide bonds. The second-order valence-corrected chi connectivity index (χ2v) is 6.73. The molecule has 90 valence electrons. The quantitative estimate of drug-likeness (QED) is 0.560. The van der Waals surface area contributed by atoms with Crippen LogP contribution in [-0.2, 0) is 0 Å². The van der Waals surface area contributed by atoms with E-state index < -0.39 is 0 Å². The Morgan fingerprint density at radius 1 is 1.13 bits per heavy atom. The standard InChI is InChI=1S/C15H30/c1-12(2)13(3)8-7-11-15(4,5)14-9-6-10-14/h12-14H,6-11H2,1-5H3/t13-/m1/s1. The van der Waals surface area contributed by atoms with Crippen LogP contribution in [0.25, 0.3) is 0 Å². The summed E-state index contributed by atoms with van der Waals surface area (Å²) < 4.78 is 0. The highest BCUT2D eigenvalue weighted by atomic mass is 14.4. The summed E-state index contributed by atoms with van der Waals surface area (Å²) in [6.45, 7) is 12.1. The molecule has 1 aliphatic rings. The Balaban J connectivity index is 2.18. The summed E-state index contributed by atoms with van der Waals surface area (Å²) in [7, 11) is 0. The third kappa shape index (κ3) is 3.81. The molecule has 1 aliphatic carbocycles. The van der Waals surface area contributed by atoms with Crippen molar-refractivity contribution in [1.29, 1.82) is 0 Å². The zero-order valence-corrected chi connectivity index (χ0v) is 11.5. The molecule has 1 saturated carbocycles. The molecule has 0 unspecified atom stereocenters. The molecule has 0 bridgehead atoms. The minimum Gasteiger partial charge on any atom is -0.0625 e. The molecular weight excluding hydrogens is 180 g/mol. The van der Waals surface area contributed by atoms with Crippen LogP contribution in [0.5, 0.6) is 0 Å². The summed E-state index contributed by atoms with van der Waals surface area (Å²) in [6, 6.07) is 0. The van der Waals surface area contributed by atoms with Gasteiger partial charge in [0.05, 0.1) is 0 Å². The first-order chi connectivity index (χ1) is 6.93. The molecule has 1 atom stereocenters. The first-order valence-electron chi connectivity index (χ1n) is 6.93. The first kappa shape index (κ1) is 13.1. The number of hydrogen-bond acceptors (Lipinski definition) is 0. The summed E-state index contributed by atoms with van der Waals surface area (Å²) in [4.78, 5) is 0. The van der Waals surface area contributed by atoms with E-state index in [4.69, 9.17) is 0 Å². The van der Waals surface area contributed by atoms with Crippen molar-refractivity contribution in [2.24, 2.45) is 23.2 Å². The summed E-state index contributed by atoms with van der Waals surface area (Å²) in [6.07, 6.45) is 8.77. The van der Waals surface area contributed by atoms with E-state index in [1.807, 2.05) is 0 Å². The highest BCUT2D eigenvalue weighted by molar-refractivity contribution is 4.84. The topological polar surface area (TPSA) is 0 Å². The lowest BCUT2D eigenvalue weighted by Gasteiger charge is -2.41. The monoisotopic (exact) mass is 210 g/mol. The SMILES string of the molecule is CC(C)[C@H](C)CCCC(C)(C)C1CCC1. The Kier molecular flexibility index (Phi) is 4.67. The van der Waals surface area contributed by atoms with Gasteiger partial charge in [0, 0.05) is 0 Å². The molecule has 15 heavy (non-hydrogen) atoms. The van der Waals surface area contributed by atoms with Gasteiger partial charge in [-0.2, -0.15) is 0 Å². The molecule has 0 aromatic rings. The summed E-state index contributed by atoms with van der Waals surface area (Å²) >= 11 is 0. The van der Waals surface area contributed by atoms with Crippen LogP contribution < -0.4 is 0 Å². The summed E-state index contributed by atoms with van der Waals surface area (Å²) in [5, 5.41) is 0. The van der Waals surface area contributed by atoms with E-state index in [0.717, 1.165) is 17.8 Å². The first-order valence-corrected chi connectivity index (χ1v) is 6.93. The minimum absolute atomic E-state index is 0.620. The molecule has 0 aliphatic heterocycles. The third-order valence-electron chi connectivity index (χ3n) is 4.83. The molecule has 0 heteroatoms. The Bertz CT molecular complexity index is 174. The maximum Gasteiger partial charge on any atom is -0.0326 e. The van der Waals surface area contributed by atoms with Crippen molar-refractivity contribution >= 4 is 0 Å². The van der Waals surface area contributed by atoms with Gasteiger partial charge in [-0.15, -0.1) is 0 Å². The Hall–Kier alpha value is 0. The van der Waals surface area contributed by atoms with Gasteiger partial charge in [0.15, 0.2) is 0 Å². The highest BCUT2D eigenvalue weighted by Gasteiger charge is 2.33. The second-order valence-electron chi connectivity index (χ2n) is 6.73. The normalized spacial score (nSPS) is 20.4. The maximum absolute atomic E-state index is 2.48. The van der Waals surface area contributed by atoms with Gasteiger partial charge in [-0.3, -0.25) is 0 Å². The van der Waals surface area contributed by atoms with E-state index >= 15 is 0 Å². The smallest absolute Gasteiger partial charge is 0.0326 e. The Morgan fingerprint density at radius 2 is 1.73 bits per heavy atom. The van der Waals surface area contributed by atoms with Crippen molar-refractivity contribution in [3.63, 3.8) is 0 Å². The van der Waals surface area contributed by atoms with Crippen LogP contribution in [0, 0.1) is 23.2 Å². The van der Waals surface area contributed by atoms with Gasteiger partial charge in [-0.05, 0) is 42.4 Å². The Labute approximate surface area is 96.8 Å². The van der Waals surface area contributed by atoms with Gasteiger partial charge in [0.25, 0.3) is 0 Å². The molecule has 0 aromatic carbocycles. The lowest BCUT2D eigenvalue weighted by atomic mass is 9.65. The second kappa shape index (κ2) is 5.37. The zero-order valence-electron chi connectivity index (χ0n) is 11.5. The fourth-order valence-electron chi connectivity index (χ4n) is 2.61. The van der Waals surface area contributed by atoms with E-state index in [-0.39, 0.29) is 0 Å². The van der Waals surface area contributed by atoms with Crippen LogP contribution in [0.4, 0.5) is 0 Å². The van der Waals surface area contributed by atoms with Gasteiger partial charge in [-0.25, -0.2) is 0 Å². The van der Waals surface area contributed by atoms with Crippen LogP contribution in [0.1, 0.15) is 73.1 Å². The molecule has 0 heterocycles. The molecule has 0 spiro atoms. The average molecular weight is 210 g/mol. The summed E-state index contributed by atoms with van der Waals surface area (Å²) in [5.74, 6) is 2.80. The molecule has 0 aromatic heterocycles. The van der Waals surface area contributed by atoms with Crippen LogP contribution in [-0.4, -0.2) is 0 Å². The Morgan fingerprint density at radius 3 is 2.13 bits per heavy atom. The fourth-order valence-corrected chi connectivity index (χ4v) is 2.61. The van der Waals surface area contributed by atoms with Gasteiger partial charge in [0.2, 0.25) is 0 Å². The van der Waals surface area contributed by atoms with Crippen molar-refractivity contribution in [3.8, 4) is 0 Å². The molecule has 1 fully saturated rings. The zero-order chi connectivity index (χ0) is 11.5. The fraction of sp³-hybridized carbons (Fsp3) is 1.00. The highest BCUT2D eigenvalue weighted by Crippen LogP contribution is 2.44. The number of rotatable bonds is 6. The largest absolute Gasteiger partial charge is 0.0625 e. The van der Waals surface area contributed by atoms with Crippen molar-refractivity contribution in [2.45, 2.75) is 73.1 Å². The predicted octanol–water partition coefficient (Wildman–Crippen LogP) is 5.28. The maximum atomic E-state index is 2.48. The van der Waals surface area contributed by atoms with Gasteiger partial charge < -0.3 is 0 Å². The van der Waals surface area contributed by atoms with E-state index in [1.54, 1.807) is 0 Å². The van der Waals surface area contributed by atoms with Gasteiger partial charge >= 0.3 is 0 Å². The minimum atomic E-state index is 0.620. The molecule has 0 saturated heterocycles. The third-order valence-corrected chi connectivity index (χ3v) is 4.83. The van der Waals surface area contributed by atoms with E-state index in [1.165, 1.54) is 38.5 Å². The van der Waals surface area contributed by atoms with E-state index in [9.17, 15) is 0 Å². The van der Waals surface area contributed by atoms with Crippen LogP contribution >= 0.6 is 0 Å². The van der Waals surface area contributed by atoms with Crippen molar-refractivity contribution in [3.05, 3.63) is 0 Å². The van der Waals surface area contributed by atoms with Crippen LogP contribution in [0.15, 0.2) is 0 Å². The van der Waals surface area contributed by atoms with E-state index in [2.05, 4.69) is 34.6 Å². The molecule has 0 N–H and O–H groups in total. The molecular formula is C15H30. The van der Waals surface area contributed by atoms with Crippen LogP contribution in [0.3, 0.4) is 0 Å². The average Bonchev–Trinajstić information content (AvgIpc) is 1.98. The lowest BCUT2D eigenvalue weighted by molar-refractivity contribution is 0.105. The van der Waals surface area contributed by atoms with Crippen molar-refractivity contribution < 1.29 is 0 Å². The molecule has 1 rings (SSSR count). The van der Waals surface area contributed by atoms with Gasteiger partial charge in [-0.1, -0.05) is 53.9 Å². The van der Waals surface area contributed by atoms with Crippen molar-refractivity contribution in [1.82, 2.24) is 0 Å². The van der Waals surface area contributed by atoms with Crippen LogP contribution in [0.2, 0.25) is 0 Å². The molecule has 0 radical (unpaired) electrons.